The van der Waals surface area contributed by atoms with Crippen molar-refractivity contribution in [2.45, 2.75) is 28.6 Å². The van der Waals surface area contributed by atoms with Crippen LogP contribution in [0.25, 0.3) is 10.2 Å². The number of para-hydroxylation sites is 1. The summed E-state index contributed by atoms with van der Waals surface area (Å²) in [5.74, 6) is 2.54. The van der Waals surface area contributed by atoms with E-state index in [9.17, 15) is 0 Å². The van der Waals surface area contributed by atoms with E-state index in [2.05, 4.69) is 26.4 Å². The summed E-state index contributed by atoms with van der Waals surface area (Å²) in [5.41, 5.74) is 2.15. The van der Waals surface area contributed by atoms with Crippen LogP contribution in [0.5, 0.6) is 11.5 Å². The predicted molar refractivity (Wildman–Crippen MR) is 159 cm³/mol. The van der Waals surface area contributed by atoms with Gasteiger partial charge in [0.15, 0.2) is 16.7 Å². The van der Waals surface area contributed by atoms with Gasteiger partial charge in [-0.15, -0.1) is 47.5 Å². The number of hydrogen-bond donors (Lipinski definition) is 2. The zero-order chi connectivity index (χ0) is 23.5. The SMILES string of the molecule is Cl.Cl.c1ccc(Oc2cc(Sc3ccnc4ccsc34)cnc2Nc2nc(C3CCCNC3)cs2)cc1. The van der Waals surface area contributed by atoms with Gasteiger partial charge in [0.2, 0.25) is 0 Å². The highest BCUT2D eigenvalue weighted by Gasteiger charge is 2.19. The number of rotatable bonds is 7. The van der Waals surface area contributed by atoms with Gasteiger partial charge < -0.3 is 15.4 Å². The van der Waals surface area contributed by atoms with Crippen molar-refractivity contribution in [3.63, 3.8) is 0 Å². The van der Waals surface area contributed by atoms with Crippen molar-refractivity contribution in [1.29, 1.82) is 0 Å². The molecule has 0 aliphatic carbocycles. The summed E-state index contributed by atoms with van der Waals surface area (Å²) in [5, 5.41) is 11.9. The summed E-state index contributed by atoms with van der Waals surface area (Å²) in [6, 6.07) is 15.9. The monoisotopic (exact) mass is 589 g/mol. The van der Waals surface area contributed by atoms with Crippen molar-refractivity contribution in [2.24, 2.45) is 0 Å². The van der Waals surface area contributed by atoms with E-state index in [-0.39, 0.29) is 24.8 Å². The second-order valence-electron chi connectivity index (χ2n) is 8.22. The van der Waals surface area contributed by atoms with E-state index < -0.39 is 0 Å². The highest BCUT2D eigenvalue weighted by atomic mass is 35.5. The molecular weight excluding hydrogens is 565 g/mol. The van der Waals surface area contributed by atoms with E-state index in [1.54, 1.807) is 34.4 Å². The lowest BCUT2D eigenvalue weighted by Gasteiger charge is -2.20. The Kier molecular flexibility index (Phi) is 9.64. The molecule has 1 aliphatic heterocycles. The third kappa shape index (κ3) is 6.54. The van der Waals surface area contributed by atoms with Crippen LogP contribution in [-0.2, 0) is 0 Å². The van der Waals surface area contributed by atoms with Crippen molar-refractivity contribution in [1.82, 2.24) is 20.3 Å². The number of halogens is 2. The summed E-state index contributed by atoms with van der Waals surface area (Å²) >= 11 is 4.97. The van der Waals surface area contributed by atoms with Crippen molar-refractivity contribution < 1.29 is 4.74 Å². The first-order valence-corrected chi connectivity index (χ1v) is 14.1. The second kappa shape index (κ2) is 12.9. The summed E-state index contributed by atoms with van der Waals surface area (Å²) in [6.07, 6.45) is 6.10. The normalized spacial score (nSPS) is 15.0. The number of aromatic nitrogens is 3. The molecule has 37 heavy (non-hydrogen) atoms. The van der Waals surface area contributed by atoms with Crippen LogP contribution in [-0.4, -0.2) is 28.0 Å². The molecule has 0 bridgehead atoms. The maximum atomic E-state index is 6.27. The number of fused-ring (bicyclic) bond motifs is 1. The van der Waals surface area contributed by atoms with E-state index in [1.165, 1.54) is 17.5 Å². The number of pyridine rings is 2. The lowest BCUT2D eigenvalue weighted by molar-refractivity contribution is 0.456. The van der Waals surface area contributed by atoms with Gasteiger partial charge in [-0.3, -0.25) is 4.98 Å². The Morgan fingerprint density at radius 1 is 1.05 bits per heavy atom. The maximum absolute atomic E-state index is 6.27. The molecule has 0 amide bonds. The molecule has 1 atom stereocenters. The Balaban J connectivity index is 0.00000160. The molecule has 5 heterocycles. The van der Waals surface area contributed by atoms with E-state index in [0.29, 0.717) is 17.5 Å². The highest BCUT2D eigenvalue weighted by molar-refractivity contribution is 7.99. The average molecular weight is 591 g/mol. The Hall–Kier alpha value is -2.40. The zero-order valence-corrected chi connectivity index (χ0v) is 23.7. The quantitative estimate of drug-likeness (QED) is 0.198. The van der Waals surface area contributed by atoms with Crippen molar-refractivity contribution in [3.8, 4) is 11.5 Å². The van der Waals surface area contributed by atoms with Crippen LogP contribution in [0.1, 0.15) is 24.5 Å². The fourth-order valence-electron chi connectivity index (χ4n) is 4.06. The first-order valence-electron chi connectivity index (χ1n) is 11.5. The second-order valence-corrected chi connectivity index (χ2v) is 11.1. The fourth-order valence-corrected chi connectivity index (χ4v) is 6.73. The van der Waals surface area contributed by atoms with Crippen molar-refractivity contribution in [2.75, 3.05) is 18.4 Å². The molecule has 192 valence electrons. The molecule has 1 fully saturated rings. The van der Waals surface area contributed by atoms with Crippen molar-refractivity contribution in [3.05, 3.63) is 77.4 Å². The van der Waals surface area contributed by atoms with Gasteiger partial charge in [0.05, 0.1) is 15.9 Å². The van der Waals surface area contributed by atoms with E-state index in [0.717, 1.165) is 45.0 Å². The minimum atomic E-state index is 0. The van der Waals surface area contributed by atoms with Gasteiger partial charge in [0.25, 0.3) is 0 Å². The average Bonchev–Trinajstić information content (AvgIpc) is 3.57. The largest absolute Gasteiger partial charge is 0.453 e. The minimum Gasteiger partial charge on any atom is -0.453 e. The number of anilines is 2. The molecule has 1 unspecified atom stereocenters. The highest BCUT2D eigenvalue weighted by Crippen LogP contribution is 2.39. The Morgan fingerprint density at radius 2 is 1.95 bits per heavy atom. The lowest BCUT2D eigenvalue weighted by atomic mass is 9.97. The fraction of sp³-hybridized carbons (Fsp3) is 0.192. The van der Waals surface area contributed by atoms with Gasteiger partial charge in [0, 0.05) is 46.1 Å². The lowest BCUT2D eigenvalue weighted by Crippen LogP contribution is -2.28. The molecular formula is C26H25Cl2N5OS3. The zero-order valence-electron chi connectivity index (χ0n) is 19.6. The molecule has 1 saturated heterocycles. The van der Waals surface area contributed by atoms with E-state index in [1.807, 2.05) is 60.9 Å². The Bertz CT molecular complexity index is 1440. The molecule has 4 aromatic heterocycles. The molecule has 0 spiro atoms. The van der Waals surface area contributed by atoms with Crippen LogP contribution < -0.4 is 15.4 Å². The van der Waals surface area contributed by atoms with Crippen molar-refractivity contribution >= 4 is 80.4 Å². The van der Waals surface area contributed by atoms with Gasteiger partial charge in [-0.2, -0.15) is 0 Å². The molecule has 1 aromatic carbocycles. The summed E-state index contributed by atoms with van der Waals surface area (Å²) in [4.78, 5) is 16.2. The molecule has 0 saturated carbocycles. The molecule has 2 N–H and O–H groups in total. The number of hydrogen-bond acceptors (Lipinski definition) is 9. The van der Waals surface area contributed by atoms with Crippen LogP contribution in [0, 0.1) is 0 Å². The number of nitrogens with one attached hydrogen (secondary N) is 2. The number of thiophene rings is 1. The Labute approximate surface area is 240 Å². The maximum Gasteiger partial charge on any atom is 0.188 e. The third-order valence-corrected chi connectivity index (χ3v) is 8.66. The van der Waals surface area contributed by atoms with Crippen LogP contribution in [0.2, 0.25) is 0 Å². The summed E-state index contributed by atoms with van der Waals surface area (Å²) in [6.45, 7) is 2.08. The summed E-state index contributed by atoms with van der Waals surface area (Å²) < 4.78 is 7.45. The number of thiazole rings is 1. The van der Waals surface area contributed by atoms with Crippen LogP contribution in [0.3, 0.4) is 0 Å². The van der Waals surface area contributed by atoms with Crippen LogP contribution in [0.15, 0.2) is 81.5 Å². The van der Waals surface area contributed by atoms with Gasteiger partial charge in [-0.05, 0) is 49.0 Å². The standard InChI is InChI=1S/C26H23N5OS3.2ClH/c1-2-6-18(7-3-1)32-22-13-19(35-23-8-11-28-20-9-12-33-24(20)23)15-29-25(22)31-26-30-21(16-34-26)17-5-4-10-27-14-17;;/h1-3,6-9,11-13,15-17,27H,4-5,10,14H2,(H,29,30,31);2*1H. The topological polar surface area (TPSA) is 72.0 Å². The number of benzene rings is 1. The molecule has 6 nitrogen and oxygen atoms in total. The van der Waals surface area contributed by atoms with Gasteiger partial charge >= 0.3 is 0 Å². The van der Waals surface area contributed by atoms with Crippen LogP contribution >= 0.6 is 59.2 Å². The first kappa shape index (κ1) is 27.6. The molecule has 11 heteroatoms. The van der Waals surface area contributed by atoms with E-state index >= 15 is 0 Å². The first-order chi connectivity index (χ1) is 17.3. The Morgan fingerprint density at radius 3 is 2.78 bits per heavy atom. The molecule has 6 rings (SSSR count). The van der Waals surface area contributed by atoms with Gasteiger partial charge in [-0.1, -0.05) is 30.0 Å². The molecule has 5 aromatic rings. The van der Waals surface area contributed by atoms with Crippen LogP contribution in [0.4, 0.5) is 10.9 Å². The summed E-state index contributed by atoms with van der Waals surface area (Å²) in [7, 11) is 0. The third-order valence-electron chi connectivity index (χ3n) is 5.80. The number of piperidine rings is 1. The van der Waals surface area contributed by atoms with E-state index in [4.69, 9.17) is 14.7 Å². The number of nitrogens with zero attached hydrogens (tertiary/aromatic N) is 3. The van der Waals surface area contributed by atoms with Gasteiger partial charge in [-0.25, -0.2) is 9.97 Å². The predicted octanol–water partition coefficient (Wildman–Crippen LogP) is 8.15. The molecule has 0 radical (unpaired) electrons. The smallest absolute Gasteiger partial charge is 0.188 e. The number of ether oxygens (including phenoxy) is 1. The molecule has 1 aliphatic rings. The van der Waals surface area contributed by atoms with Gasteiger partial charge in [0.1, 0.15) is 5.75 Å². The minimum absolute atomic E-state index is 0.